The number of aromatic nitrogens is 1. The number of hydrogen-bond acceptors (Lipinski definition) is 5. The number of carbonyl (C=O) groups excluding carboxylic acids is 2. The quantitative estimate of drug-likeness (QED) is 0.810. The van der Waals surface area contributed by atoms with Crippen molar-refractivity contribution in [2.45, 2.75) is 13.8 Å². The number of benzene rings is 1. The van der Waals surface area contributed by atoms with E-state index in [2.05, 4.69) is 4.98 Å². The van der Waals surface area contributed by atoms with Gasteiger partial charge in [-0.25, -0.2) is 4.79 Å². The van der Waals surface area contributed by atoms with Crippen molar-refractivity contribution in [2.75, 3.05) is 24.7 Å². The first-order chi connectivity index (χ1) is 11.5. The molecule has 0 atom stereocenters. The molecule has 0 unspecified atom stereocenters. The van der Waals surface area contributed by atoms with Crippen LogP contribution in [0.5, 0.6) is 5.75 Å². The molecule has 0 N–H and O–H groups in total. The highest BCUT2D eigenvalue weighted by atomic mass is 16.5. The molecule has 3 rings (SSSR count). The van der Waals surface area contributed by atoms with Crippen LogP contribution in [0.4, 0.5) is 5.69 Å². The molecule has 6 nitrogen and oxygen atoms in total. The molecule has 6 heteroatoms. The van der Waals surface area contributed by atoms with Gasteiger partial charge in [0.15, 0.2) is 6.61 Å². The van der Waals surface area contributed by atoms with E-state index in [0.717, 1.165) is 11.3 Å². The Bertz CT molecular complexity index is 771. The summed E-state index contributed by atoms with van der Waals surface area (Å²) in [7, 11) is 0. The second-order valence-electron chi connectivity index (χ2n) is 5.63. The molecule has 124 valence electrons. The fourth-order valence-corrected chi connectivity index (χ4v) is 2.46. The summed E-state index contributed by atoms with van der Waals surface area (Å²) in [6.45, 7) is 4.30. The van der Waals surface area contributed by atoms with Crippen molar-refractivity contribution in [1.29, 1.82) is 0 Å². The van der Waals surface area contributed by atoms with Crippen molar-refractivity contribution in [1.82, 2.24) is 4.98 Å². The monoisotopic (exact) mass is 326 g/mol. The molecule has 0 radical (unpaired) electrons. The van der Waals surface area contributed by atoms with Gasteiger partial charge < -0.3 is 14.4 Å². The second kappa shape index (κ2) is 6.70. The number of aryl methyl sites for hydroxylation is 2. The van der Waals surface area contributed by atoms with Gasteiger partial charge in [0, 0.05) is 11.9 Å². The number of fused-ring (bicyclic) bond motifs is 1. The summed E-state index contributed by atoms with van der Waals surface area (Å²) in [5, 5.41) is 0. The third-order valence-corrected chi connectivity index (χ3v) is 3.75. The van der Waals surface area contributed by atoms with Crippen LogP contribution in [0, 0.1) is 13.8 Å². The maximum Gasteiger partial charge on any atom is 0.340 e. The molecule has 0 saturated heterocycles. The van der Waals surface area contributed by atoms with Crippen LogP contribution in [-0.2, 0) is 9.53 Å². The van der Waals surface area contributed by atoms with Crippen LogP contribution in [0.3, 0.4) is 0 Å². The fourth-order valence-electron chi connectivity index (χ4n) is 2.46. The van der Waals surface area contributed by atoms with Crippen LogP contribution >= 0.6 is 0 Å². The van der Waals surface area contributed by atoms with Gasteiger partial charge in [0.05, 0.1) is 17.8 Å². The maximum absolute atomic E-state index is 12.4. The number of ether oxygens (including phenoxy) is 2. The zero-order chi connectivity index (χ0) is 17.1. The number of nitrogens with zero attached hydrogens (tertiary/aromatic N) is 2. The predicted molar refractivity (Wildman–Crippen MR) is 88.3 cm³/mol. The minimum absolute atomic E-state index is 0.279. The molecular formula is C18H18N2O4. The van der Waals surface area contributed by atoms with Gasteiger partial charge in [0.2, 0.25) is 0 Å². The van der Waals surface area contributed by atoms with Crippen molar-refractivity contribution >= 4 is 17.6 Å². The van der Waals surface area contributed by atoms with E-state index < -0.39 is 5.97 Å². The zero-order valence-corrected chi connectivity index (χ0v) is 13.6. The van der Waals surface area contributed by atoms with E-state index in [0.29, 0.717) is 30.2 Å². The molecule has 0 fully saturated rings. The smallest absolute Gasteiger partial charge is 0.340 e. The number of esters is 1. The molecule has 0 saturated carbocycles. The van der Waals surface area contributed by atoms with Crippen LogP contribution in [0.2, 0.25) is 0 Å². The summed E-state index contributed by atoms with van der Waals surface area (Å²) in [5.74, 6) is -0.179. The Balaban J connectivity index is 1.67. The minimum Gasteiger partial charge on any atom is -0.490 e. The molecule has 1 aliphatic heterocycles. The number of rotatable bonds is 3. The van der Waals surface area contributed by atoms with E-state index in [1.165, 1.54) is 6.20 Å². The molecule has 1 aromatic carbocycles. The molecule has 2 aromatic rings. The summed E-state index contributed by atoms with van der Waals surface area (Å²) < 4.78 is 10.7. The molecule has 2 heterocycles. The van der Waals surface area contributed by atoms with E-state index in [-0.39, 0.29) is 12.5 Å². The lowest BCUT2D eigenvalue weighted by Gasteiger charge is -2.29. The van der Waals surface area contributed by atoms with Crippen LogP contribution in [0.25, 0.3) is 0 Å². The Labute approximate surface area is 140 Å². The summed E-state index contributed by atoms with van der Waals surface area (Å²) in [6.07, 6.45) is 1.44. The Hall–Kier alpha value is -2.89. The average molecular weight is 326 g/mol. The largest absolute Gasteiger partial charge is 0.490 e. The number of pyridine rings is 1. The molecule has 0 bridgehead atoms. The van der Waals surface area contributed by atoms with Gasteiger partial charge in [0.1, 0.15) is 12.4 Å². The van der Waals surface area contributed by atoms with Gasteiger partial charge in [-0.15, -0.1) is 0 Å². The highest BCUT2D eigenvalue weighted by Crippen LogP contribution is 2.32. The minimum atomic E-state index is -0.562. The van der Waals surface area contributed by atoms with E-state index in [9.17, 15) is 9.59 Å². The Morgan fingerprint density at radius 1 is 1.25 bits per heavy atom. The first kappa shape index (κ1) is 16.0. The van der Waals surface area contributed by atoms with Crippen LogP contribution in [-0.4, -0.2) is 36.6 Å². The normalized spacial score (nSPS) is 13.0. The third kappa shape index (κ3) is 3.37. The van der Waals surface area contributed by atoms with Gasteiger partial charge in [0.25, 0.3) is 5.91 Å². The summed E-state index contributed by atoms with van der Waals surface area (Å²) in [5.41, 5.74) is 2.87. The fraction of sp³-hybridized carbons (Fsp3) is 0.278. The number of carbonyl (C=O) groups is 2. The highest BCUT2D eigenvalue weighted by Gasteiger charge is 2.24. The average Bonchev–Trinajstić information content (AvgIpc) is 2.59. The third-order valence-electron chi connectivity index (χ3n) is 3.75. The lowest BCUT2D eigenvalue weighted by molar-refractivity contribution is -0.121. The van der Waals surface area contributed by atoms with Crippen molar-refractivity contribution in [3.05, 3.63) is 53.3 Å². The number of hydrogen-bond donors (Lipinski definition) is 0. The molecular weight excluding hydrogens is 308 g/mol. The van der Waals surface area contributed by atoms with E-state index in [4.69, 9.17) is 9.47 Å². The van der Waals surface area contributed by atoms with Crippen molar-refractivity contribution in [2.24, 2.45) is 0 Å². The number of amides is 1. The van der Waals surface area contributed by atoms with Crippen LogP contribution in [0.15, 0.2) is 36.5 Å². The van der Waals surface area contributed by atoms with Gasteiger partial charge >= 0.3 is 5.97 Å². The topological polar surface area (TPSA) is 68.7 Å². The first-order valence-electron chi connectivity index (χ1n) is 7.68. The van der Waals surface area contributed by atoms with Gasteiger partial charge in [-0.2, -0.15) is 0 Å². The molecule has 1 aromatic heterocycles. The predicted octanol–water partition coefficient (Wildman–Crippen LogP) is 2.28. The zero-order valence-electron chi connectivity index (χ0n) is 13.6. The maximum atomic E-state index is 12.4. The Kier molecular flexibility index (Phi) is 4.46. The van der Waals surface area contributed by atoms with Gasteiger partial charge in [-0.1, -0.05) is 6.07 Å². The first-order valence-corrected chi connectivity index (χ1v) is 7.68. The second-order valence-corrected chi connectivity index (χ2v) is 5.63. The van der Waals surface area contributed by atoms with Gasteiger partial charge in [-0.3, -0.25) is 9.78 Å². The lowest BCUT2D eigenvalue weighted by Crippen LogP contribution is -2.40. The molecule has 1 aliphatic rings. The van der Waals surface area contributed by atoms with E-state index in [1.807, 2.05) is 32.0 Å². The van der Waals surface area contributed by atoms with Crippen molar-refractivity contribution in [3.63, 3.8) is 0 Å². The molecule has 0 aliphatic carbocycles. The van der Waals surface area contributed by atoms with Crippen molar-refractivity contribution < 1.29 is 19.1 Å². The SMILES string of the molecule is Cc1ccc2c(c1)N(C(=O)COC(=O)c1ccc(C)nc1)CCO2. The number of anilines is 1. The standard InChI is InChI=1S/C18H18N2O4/c1-12-3-6-16-15(9-12)20(7-8-23-16)17(21)11-24-18(22)14-5-4-13(2)19-10-14/h3-6,9-10H,7-8,11H2,1-2H3. The molecule has 24 heavy (non-hydrogen) atoms. The van der Waals surface area contributed by atoms with Crippen molar-refractivity contribution in [3.8, 4) is 5.75 Å². The Morgan fingerprint density at radius 2 is 2.08 bits per heavy atom. The summed E-state index contributed by atoms with van der Waals surface area (Å²) in [6, 6.07) is 9.01. The summed E-state index contributed by atoms with van der Waals surface area (Å²) in [4.78, 5) is 30.1. The Morgan fingerprint density at radius 3 is 2.83 bits per heavy atom. The van der Waals surface area contributed by atoms with Gasteiger partial charge in [-0.05, 0) is 43.7 Å². The van der Waals surface area contributed by atoms with E-state index in [1.54, 1.807) is 17.0 Å². The highest BCUT2D eigenvalue weighted by molar-refractivity contribution is 5.98. The van der Waals surface area contributed by atoms with E-state index >= 15 is 0 Å². The summed E-state index contributed by atoms with van der Waals surface area (Å²) >= 11 is 0. The lowest BCUT2D eigenvalue weighted by atomic mass is 10.1. The molecule has 1 amide bonds. The van der Waals surface area contributed by atoms with Crippen LogP contribution in [0.1, 0.15) is 21.6 Å². The molecule has 0 spiro atoms. The van der Waals surface area contributed by atoms with Crippen LogP contribution < -0.4 is 9.64 Å².